The van der Waals surface area contributed by atoms with Gasteiger partial charge in [-0.2, -0.15) is 0 Å². The maximum atomic E-state index is 14.3. The highest BCUT2D eigenvalue weighted by atomic mass is 19.1. The lowest BCUT2D eigenvalue weighted by atomic mass is 10.1. The van der Waals surface area contributed by atoms with Gasteiger partial charge in [0, 0.05) is 36.6 Å². The number of aromatic amines is 1. The number of hydrogen-bond acceptors (Lipinski definition) is 7. The van der Waals surface area contributed by atoms with Crippen molar-refractivity contribution in [2.45, 2.75) is 13.5 Å². The Hall–Kier alpha value is -3.59. The van der Waals surface area contributed by atoms with Crippen molar-refractivity contribution < 1.29 is 9.50 Å². The second-order valence-corrected chi connectivity index (χ2v) is 6.65. The van der Waals surface area contributed by atoms with Crippen LogP contribution in [0.3, 0.4) is 0 Å². The summed E-state index contributed by atoms with van der Waals surface area (Å²) < 4.78 is 14.3. The molecule has 4 rings (SSSR count). The molecule has 0 unspecified atom stereocenters. The number of hydrogen-bond donors (Lipinski definition) is 3. The van der Waals surface area contributed by atoms with Crippen molar-refractivity contribution in [2.75, 3.05) is 29.9 Å². The molecule has 0 saturated carbocycles. The summed E-state index contributed by atoms with van der Waals surface area (Å²) in [4.78, 5) is 22.2. The van der Waals surface area contributed by atoms with E-state index in [2.05, 4.69) is 30.2 Å². The minimum Gasteiger partial charge on any atom is -0.395 e. The summed E-state index contributed by atoms with van der Waals surface area (Å²) in [5.74, 6) is 0.980. The predicted octanol–water partition coefficient (Wildman–Crippen LogP) is 2.98. The van der Waals surface area contributed by atoms with E-state index in [1.165, 1.54) is 12.5 Å². The highest BCUT2D eigenvalue weighted by molar-refractivity contribution is 6.00. The molecular formula is C21H22FN7O. The second-order valence-electron chi connectivity index (χ2n) is 6.65. The number of pyridine rings is 2. The monoisotopic (exact) mass is 407 g/mol. The lowest BCUT2D eigenvalue weighted by molar-refractivity contribution is 0.302. The Bertz CT molecular complexity index is 1150. The van der Waals surface area contributed by atoms with E-state index in [1.807, 2.05) is 30.0 Å². The van der Waals surface area contributed by atoms with Crippen LogP contribution >= 0.6 is 0 Å². The number of aliphatic hydroxyl groups is 1. The molecule has 0 spiro atoms. The van der Waals surface area contributed by atoms with Gasteiger partial charge in [0.1, 0.15) is 29.4 Å². The molecule has 4 aromatic rings. The summed E-state index contributed by atoms with van der Waals surface area (Å²) in [6.07, 6.45) is 5.91. The number of anilines is 2. The van der Waals surface area contributed by atoms with Crippen molar-refractivity contribution in [1.82, 2.24) is 24.9 Å². The van der Waals surface area contributed by atoms with Crippen molar-refractivity contribution >= 4 is 22.7 Å². The van der Waals surface area contributed by atoms with Crippen molar-refractivity contribution in [2.24, 2.45) is 0 Å². The summed E-state index contributed by atoms with van der Waals surface area (Å²) in [6, 6.07) is 7.40. The fraction of sp³-hybridized carbons (Fsp3) is 0.238. The van der Waals surface area contributed by atoms with Crippen LogP contribution in [-0.2, 0) is 6.54 Å². The zero-order chi connectivity index (χ0) is 20.9. The first-order valence-corrected chi connectivity index (χ1v) is 9.68. The second kappa shape index (κ2) is 8.83. The van der Waals surface area contributed by atoms with E-state index >= 15 is 0 Å². The van der Waals surface area contributed by atoms with Crippen LogP contribution in [0, 0.1) is 5.82 Å². The van der Waals surface area contributed by atoms with Crippen LogP contribution in [0.25, 0.3) is 22.2 Å². The fourth-order valence-corrected chi connectivity index (χ4v) is 3.37. The summed E-state index contributed by atoms with van der Waals surface area (Å²) in [5, 5.41) is 13.2. The van der Waals surface area contributed by atoms with Crippen LogP contribution in [-0.4, -0.2) is 49.7 Å². The van der Waals surface area contributed by atoms with Crippen LogP contribution in [0.4, 0.5) is 16.0 Å². The summed E-state index contributed by atoms with van der Waals surface area (Å²) in [5.41, 5.74) is 2.52. The Labute approximate surface area is 172 Å². The van der Waals surface area contributed by atoms with Gasteiger partial charge in [-0.05, 0) is 25.1 Å². The minimum atomic E-state index is -0.411. The average Bonchev–Trinajstić information content (AvgIpc) is 3.21. The fourth-order valence-electron chi connectivity index (χ4n) is 3.37. The largest absolute Gasteiger partial charge is 0.395 e. The molecule has 0 aliphatic carbocycles. The first-order chi connectivity index (χ1) is 14.7. The zero-order valence-electron chi connectivity index (χ0n) is 16.5. The normalized spacial score (nSPS) is 11.0. The molecule has 0 aromatic carbocycles. The molecule has 0 aliphatic rings. The molecule has 0 amide bonds. The lowest BCUT2D eigenvalue weighted by Gasteiger charge is -2.21. The van der Waals surface area contributed by atoms with Crippen LogP contribution in [0.5, 0.6) is 0 Å². The molecule has 0 aliphatic heterocycles. The molecule has 154 valence electrons. The van der Waals surface area contributed by atoms with Gasteiger partial charge in [0.25, 0.3) is 0 Å². The first kappa shape index (κ1) is 19.7. The third-order valence-electron chi connectivity index (χ3n) is 4.84. The number of halogens is 1. The van der Waals surface area contributed by atoms with Crippen molar-refractivity contribution in [3.8, 4) is 11.1 Å². The Morgan fingerprint density at radius 3 is 2.90 bits per heavy atom. The summed E-state index contributed by atoms with van der Waals surface area (Å²) in [6.45, 7) is 3.79. The van der Waals surface area contributed by atoms with E-state index in [0.29, 0.717) is 41.1 Å². The molecule has 0 fully saturated rings. The Kier molecular flexibility index (Phi) is 5.80. The standard InChI is InChI=1S/C21H22FN7O/c1-2-29(8-9-30)18-5-3-4-14(28-18)10-24-20-19-16(11-25-21(19)27-13-26-20)15-6-7-23-12-17(15)22/h3-7,11-13,30H,2,8-10H2,1H3,(H2,24,25,26,27). The third-order valence-corrected chi connectivity index (χ3v) is 4.84. The van der Waals surface area contributed by atoms with Gasteiger partial charge in [-0.25, -0.2) is 19.3 Å². The van der Waals surface area contributed by atoms with E-state index in [-0.39, 0.29) is 6.61 Å². The molecular weight excluding hydrogens is 385 g/mol. The van der Waals surface area contributed by atoms with Crippen molar-refractivity contribution in [1.29, 1.82) is 0 Å². The van der Waals surface area contributed by atoms with Gasteiger partial charge in [-0.3, -0.25) is 4.98 Å². The SMILES string of the molecule is CCN(CCO)c1cccc(CNc2ncnc3[nH]cc(-c4ccncc4F)c23)n1. The van der Waals surface area contributed by atoms with E-state index in [4.69, 9.17) is 0 Å². The third kappa shape index (κ3) is 3.92. The van der Waals surface area contributed by atoms with E-state index < -0.39 is 5.82 Å². The average molecular weight is 407 g/mol. The number of nitrogens with one attached hydrogen (secondary N) is 2. The topological polar surface area (TPSA) is 103 Å². The zero-order valence-corrected chi connectivity index (χ0v) is 16.5. The molecule has 9 heteroatoms. The summed E-state index contributed by atoms with van der Waals surface area (Å²) >= 11 is 0. The lowest BCUT2D eigenvalue weighted by Crippen LogP contribution is -2.27. The van der Waals surface area contributed by atoms with Crippen LogP contribution < -0.4 is 10.2 Å². The first-order valence-electron chi connectivity index (χ1n) is 9.68. The Morgan fingerprint density at radius 1 is 1.20 bits per heavy atom. The van der Waals surface area contributed by atoms with Crippen molar-refractivity contribution in [3.05, 3.63) is 60.7 Å². The van der Waals surface area contributed by atoms with Gasteiger partial charge in [0.2, 0.25) is 0 Å². The highest BCUT2D eigenvalue weighted by Crippen LogP contribution is 2.33. The Morgan fingerprint density at radius 2 is 2.10 bits per heavy atom. The number of rotatable bonds is 8. The molecule has 8 nitrogen and oxygen atoms in total. The van der Waals surface area contributed by atoms with E-state index in [9.17, 15) is 9.50 Å². The Balaban J connectivity index is 1.63. The van der Waals surface area contributed by atoms with Gasteiger partial charge in [0.05, 0.1) is 30.4 Å². The number of likely N-dealkylation sites (N-methyl/N-ethyl adjacent to an activating group) is 1. The molecule has 30 heavy (non-hydrogen) atoms. The van der Waals surface area contributed by atoms with Crippen LogP contribution in [0.2, 0.25) is 0 Å². The van der Waals surface area contributed by atoms with Gasteiger partial charge in [0.15, 0.2) is 0 Å². The number of H-pyrrole nitrogens is 1. The quantitative estimate of drug-likeness (QED) is 0.413. The smallest absolute Gasteiger partial charge is 0.149 e. The van der Waals surface area contributed by atoms with Gasteiger partial charge >= 0.3 is 0 Å². The van der Waals surface area contributed by atoms with E-state index in [1.54, 1.807) is 18.5 Å². The van der Waals surface area contributed by atoms with Crippen LogP contribution in [0.1, 0.15) is 12.6 Å². The number of nitrogens with zero attached hydrogens (tertiary/aromatic N) is 5. The molecule has 0 saturated heterocycles. The molecule has 4 heterocycles. The molecule has 0 bridgehead atoms. The minimum absolute atomic E-state index is 0.0682. The summed E-state index contributed by atoms with van der Waals surface area (Å²) in [7, 11) is 0. The van der Waals surface area contributed by atoms with Crippen molar-refractivity contribution in [3.63, 3.8) is 0 Å². The number of aromatic nitrogens is 5. The molecule has 0 atom stereocenters. The maximum Gasteiger partial charge on any atom is 0.149 e. The van der Waals surface area contributed by atoms with Gasteiger partial charge < -0.3 is 20.3 Å². The number of aliphatic hydroxyl groups excluding tert-OH is 1. The molecule has 3 N–H and O–H groups in total. The number of fused-ring (bicyclic) bond motifs is 1. The predicted molar refractivity (Wildman–Crippen MR) is 114 cm³/mol. The highest BCUT2D eigenvalue weighted by Gasteiger charge is 2.15. The molecule has 0 radical (unpaired) electrons. The maximum absolute atomic E-state index is 14.3. The van der Waals surface area contributed by atoms with E-state index in [0.717, 1.165) is 18.1 Å². The van der Waals surface area contributed by atoms with Gasteiger partial charge in [-0.15, -0.1) is 0 Å². The van der Waals surface area contributed by atoms with Crippen LogP contribution in [0.15, 0.2) is 49.2 Å². The van der Waals surface area contributed by atoms with Gasteiger partial charge in [-0.1, -0.05) is 6.07 Å². The molecule has 4 aromatic heterocycles.